The Morgan fingerprint density at radius 3 is 2.20 bits per heavy atom. The molecule has 0 spiro atoms. The van der Waals surface area contributed by atoms with Gasteiger partial charge in [0.05, 0.1) is 0 Å². The number of carbonyl (C=O) groups is 1. The van der Waals surface area contributed by atoms with Gasteiger partial charge in [0.25, 0.3) is 0 Å². The second-order valence-electron chi connectivity index (χ2n) is 4.04. The smallest absolute Gasteiger partial charge is 0.222 e. The van der Waals surface area contributed by atoms with Gasteiger partial charge in [-0.15, -0.1) is 0 Å². The third kappa shape index (κ3) is 3.74. The Hall–Kier alpha value is -1.31. The van der Waals surface area contributed by atoms with Gasteiger partial charge in [0.1, 0.15) is 0 Å². The van der Waals surface area contributed by atoms with Crippen LogP contribution in [0.15, 0.2) is 24.3 Å². The summed E-state index contributed by atoms with van der Waals surface area (Å²) in [5.41, 5.74) is 2.48. The highest BCUT2D eigenvalue weighted by Gasteiger charge is 2.05. The molecule has 0 heterocycles. The lowest BCUT2D eigenvalue weighted by molar-refractivity contribution is -0.124. The summed E-state index contributed by atoms with van der Waals surface area (Å²) in [4.78, 5) is 11.3. The maximum Gasteiger partial charge on any atom is 0.222 e. The van der Waals surface area contributed by atoms with E-state index in [-0.39, 0.29) is 11.8 Å². The van der Waals surface area contributed by atoms with E-state index in [4.69, 9.17) is 0 Å². The topological polar surface area (TPSA) is 29.1 Å². The van der Waals surface area contributed by atoms with Crippen molar-refractivity contribution < 1.29 is 4.79 Å². The van der Waals surface area contributed by atoms with Crippen molar-refractivity contribution in [1.82, 2.24) is 5.32 Å². The average Bonchev–Trinajstić information content (AvgIpc) is 2.26. The lowest BCUT2D eigenvalue weighted by Gasteiger charge is -2.07. The Balaban J connectivity index is 2.47. The van der Waals surface area contributed by atoms with Crippen LogP contribution < -0.4 is 5.32 Å². The van der Waals surface area contributed by atoms with E-state index in [2.05, 4.69) is 36.5 Å². The predicted molar refractivity (Wildman–Crippen MR) is 62.5 cm³/mol. The highest BCUT2D eigenvalue weighted by atomic mass is 16.1. The van der Waals surface area contributed by atoms with E-state index < -0.39 is 0 Å². The van der Waals surface area contributed by atoms with Gasteiger partial charge in [0.15, 0.2) is 0 Å². The first-order chi connectivity index (χ1) is 7.13. The number of rotatable bonds is 4. The largest absolute Gasteiger partial charge is 0.352 e. The zero-order valence-electron chi connectivity index (χ0n) is 9.71. The SMILES string of the molecule is CCc1ccc(CNC(=O)C(C)C)cc1. The van der Waals surface area contributed by atoms with Gasteiger partial charge in [-0.05, 0) is 17.5 Å². The van der Waals surface area contributed by atoms with Crippen LogP contribution >= 0.6 is 0 Å². The van der Waals surface area contributed by atoms with Crippen molar-refractivity contribution in [3.63, 3.8) is 0 Å². The van der Waals surface area contributed by atoms with E-state index in [0.29, 0.717) is 6.54 Å². The van der Waals surface area contributed by atoms with Gasteiger partial charge < -0.3 is 5.32 Å². The molecule has 0 radical (unpaired) electrons. The zero-order chi connectivity index (χ0) is 11.3. The molecule has 0 fully saturated rings. The monoisotopic (exact) mass is 205 g/mol. The van der Waals surface area contributed by atoms with Gasteiger partial charge in [0, 0.05) is 12.5 Å². The summed E-state index contributed by atoms with van der Waals surface area (Å²) in [6.45, 7) is 6.56. The van der Waals surface area contributed by atoms with Gasteiger partial charge in [-0.3, -0.25) is 4.79 Å². The number of hydrogen-bond donors (Lipinski definition) is 1. The van der Waals surface area contributed by atoms with Crippen molar-refractivity contribution in [2.45, 2.75) is 33.7 Å². The standard InChI is InChI=1S/C13H19NO/c1-4-11-5-7-12(8-6-11)9-14-13(15)10(2)3/h5-8,10H,4,9H2,1-3H3,(H,14,15). The van der Waals surface area contributed by atoms with Crippen LogP contribution in [0.1, 0.15) is 31.9 Å². The Morgan fingerprint density at radius 2 is 1.73 bits per heavy atom. The Morgan fingerprint density at radius 1 is 1.20 bits per heavy atom. The minimum atomic E-state index is 0.0555. The van der Waals surface area contributed by atoms with Crippen LogP contribution in [0.25, 0.3) is 0 Å². The van der Waals surface area contributed by atoms with Crippen LogP contribution in [0.5, 0.6) is 0 Å². The molecule has 1 aromatic carbocycles. The van der Waals surface area contributed by atoms with Crippen LogP contribution in [0.4, 0.5) is 0 Å². The maximum atomic E-state index is 11.3. The normalized spacial score (nSPS) is 10.4. The molecule has 1 amide bonds. The molecule has 2 heteroatoms. The molecule has 82 valence electrons. The minimum absolute atomic E-state index is 0.0555. The highest BCUT2D eigenvalue weighted by Crippen LogP contribution is 2.05. The van der Waals surface area contributed by atoms with Crippen LogP contribution in [-0.4, -0.2) is 5.91 Å². The molecule has 0 aliphatic rings. The summed E-state index contributed by atoms with van der Waals surface area (Å²) in [7, 11) is 0. The van der Waals surface area contributed by atoms with E-state index in [1.165, 1.54) is 5.56 Å². The van der Waals surface area contributed by atoms with E-state index in [9.17, 15) is 4.79 Å². The maximum absolute atomic E-state index is 11.3. The molecule has 0 aliphatic heterocycles. The molecular weight excluding hydrogens is 186 g/mol. The van der Waals surface area contributed by atoms with E-state index in [0.717, 1.165) is 12.0 Å². The van der Waals surface area contributed by atoms with Crippen molar-refractivity contribution in [2.24, 2.45) is 5.92 Å². The third-order valence-electron chi connectivity index (χ3n) is 2.42. The summed E-state index contributed by atoms with van der Waals surface area (Å²) in [6, 6.07) is 8.35. The molecule has 0 aromatic heterocycles. The molecule has 0 atom stereocenters. The molecule has 2 nitrogen and oxygen atoms in total. The summed E-state index contributed by atoms with van der Waals surface area (Å²) in [5, 5.41) is 2.90. The van der Waals surface area contributed by atoms with E-state index >= 15 is 0 Å². The van der Waals surface area contributed by atoms with Crippen molar-refractivity contribution in [3.8, 4) is 0 Å². The number of carbonyl (C=O) groups excluding carboxylic acids is 1. The Bertz CT molecular complexity index is 314. The number of nitrogens with one attached hydrogen (secondary N) is 1. The molecule has 0 saturated heterocycles. The van der Waals surface area contributed by atoms with E-state index in [1.54, 1.807) is 0 Å². The number of amides is 1. The number of aryl methyl sites for hydroxylation is 1. The minimum Gasteiger partial charge on any atom is -0.352 e. The first-order valence-electron chi connectivity index (χ1n) is 5.49. The Kier molecular flexibility index (Phi) is 4.35. The van der Waals surface area contributed by atoms with Gasteiger partial charge >= 0.3 is 0 Å². The molecular formula is C13H19NO. The van der Waals surface area contributed by atoms with E-state index in [1.807, 2.05) is 13.8 Å². The molecule has 15 heavy (non-hydrogen) atoms. The lowest BCUT2D eigenvalue weighted by atomic mass is 10.1. The molecule has 0 bridgehead atoms. The van der Waals surface area contributed by atoms with Gasteiger partial charge in [-0.1, -0.05) is 45.0 Å². The van der Waals surface area contributed by atoms with Gasteiger partial charge in [0.2, 0.25) is 5.91 Å². The molecule has 0 saturated carbocycles. The second kappa shape index (κ2) is 5.54. The van der Waals surface area contributed by atoms with Crippen LogP contribution in [0, 0.1) is 5.92 Å². The fourth-order valence-corrected chi connectivity index (χ4v) is 1.29. The first kappa shape index (κ1) is 11.8. The highest BCUT2D eigenvalue weighted by molar-refractivity contribution is 5.77. The van der Waals surface area contributed by atoms with Crippen LogP contribution in [0.3, 0.4) is 0 Å². The zero-order valence-corrected chi connectivity index (χ0v) is 9.71. The quantitative estimate of drug-likeness (QED) is 0.804. The van der Waals surface area contributed by atoms with Crippen LogP contribution in [0.2, 0.25) is 0 Å². The lowest BCUT2D eigenvalue weighted by Crippen LogP contribution is -2.27. The fraction of sp³-hybridized carbons (Fsp3) is 0.462. The van der Waals surface area contributed by atoms with Crippen LogP contribution in [-0.2, 0) is 17.8 Å². The molecule has 0 aliphatic carbocycles. The van der Waals surface area contributed by atoms with Gasteiger partial charge in [-0.2, -0.15) is 0 Å². The molecule has 1 rings (SSSR count). The summed E-state index contributed by atoms with van der Waals surface area (Å²) < 4.78 is 0. The van der Waals surface area contributed by atoms with Crippen molar-refractivity contribution in [2.75, 3.05) is 0 Å². The fourth-order valence-electron chi connectivity index (χ4n) is 1.29. The third-order valence-corrected chi connectivity index (χ3v) is 2.42. The van der Waals surface area contributed by atoms with Crippen molar-refractivity contribution in [3.05, 3.63) is 35.4 Å². The second-order valence-corrected chi connectivity index (χ2v) is 4.04. The average molecular weight is 205 g/mol. The molecule has 1 aromatic rings. The molecule has 1 N–H and O–H groups in total. The predicted octanol–water partition coefficient (Wildman–Crippen LogP) is 2.52. The van der Waals surface area contributed by atoms with Crippen molar-refractivity contribution in [1.29, 1.82) is 0 Å². The summed E-state index contributed by atoms with van der Waals surface area (Å²) in [6.07, 6.45) is 1.05. The first-order valence-corrected chi connectivity index (χ1v) is 5.49. The van der Waals surface area contributed by atoms with Gasteiger partial charge in [-0.25, -0.2) is 0 Å². The number of benzene rings is 1. The Labute approximate surface area is 91.7 Å². The summed E-state index contributed by atoms with van der Waals surface area (Å²) >= 11 is 0. The summed E-state index contributed by atoms with van der Waals surface area (Å²) in [5.74, 6) is 0.162. The number of hydrogen-bond acceptors (Lipinski definition) is 1. The molecule has 0 unspecified atom stereocenters. The van der Waals surface area contributed by atoms with Crippen molar-refractivity contribution >= 4 is 5.91 Å².